The summed E-state index contributed by atoms with van der Waals surface area (Å²) >= 11 is 0. The van der Waals surface area contributed by atoms with Crippen LogP contribution < -0.4 is 10.1 Å². The smallest absolute Gasteiger partial charge is 0.270 e. The second kappa shape index (κ2) is 12.8. The van der Waals surface area contributed by atoms with E-state index in [2.05, 4.69) is 10.3 Å². The zero-order valence-electron chi connectivity index (χ0n) is 21.1. The first-order valence-corrected chi connectivity index (χ1v) is 13.3. The molecular formula is C27H33N3O6S. The summed E-state index contributed by atoms with van der Waals surface area (Å²) in [6.07, 6.45) is -2.04. The van der Waals surface area contributed by atoms with Crippen LogP contribution in [0.3, 0.4) is 0 Å². The first kappa shape index (κ1) is 28.3. The molecule has 2 aromatic carbocycles. The largest absolute Gasteiger partial charge is 0.497 e. The molecule has 3 N–H and O–H groups in total. The Kier molecular flexibility index (Phi) is 9.76. The molecule has 0 saturated carbocycles. The van der Waals surface area contributed by atoms with Gasteiger partial charge < -0.3 is 20.3 Å². The number of aryl methyl sites for hydroxylation is 1. The Labute approximate surface area is 217 Å². The Morgan fingerprint density at radius 3 is 2.38 bits per heavy atom. The molecule has 3 rings (SSSR count). The Morgan fingerprint density at radius 2 is 1.73 bits per heavy atom. The molecule has 0 radical (unpaired) electrons. The molecule has 0 saturated heterocycles. The van der Waals surface area contributed by atoms with E-state index in [1.807, 2.05) is 30.3 Å². The van der Waals surface area contributed by atoms with Crippen molar-refractivity contribution in [3.63, 3.8) is 0 Å². The van der Waals surface area contributed by atoms with Gasteiger partial charge in [-0.2, -0.15) is 4.31 Å². The molecular weight excluding hydrogens is 494 g/mol. The number of aliphatic hydroxyl groups is 2. The topological polar surface area (TPSA) is 129 Å². The molecule has 0 aliphatic carbocycles. The number of benzene rings is 2. The van der Waals surface area contributed by atoms with Crippen molar-refractivity contribution < 1.29 is 28.2 Å². The number of aliphatic hydroxyl groups excluding tert-OH is 2. The third kappa shape index (κ3) is 7.83. The van der Waals surface area contributed by atoms with Gasteiger partial charge in [0.05, 0.1) is 30.3 Å². The average molecular weight is 528 g/mol. The summed E-state index contributed by atoms with van der Waals surface area (Å²) in [7, 11) is -2.67. The number of nitrogens with zero attached hydrogens (tertiary/aromatic N) is 2. The number of carbonyl (C=O) groups is 1. The van der Waals surface area contributed by atoms with E-state index in [-0.39, 0.29) is 30.1 Å². The van der Waals surface area contributed by atoms with Crippen molar-refractivity contribution in [2.24, 2.45) is 0 Å². The summed E-state index contributed by atoms with van der Waals surface area (Å²) in [6.45, 7) is 2.63. The number of sulfonamides is 1. The van der Waals surface area contributed by atoms with Gasteiger partial charge >= 0.3 is 0 Å². The predicted molar refractivity (Wildman–Crippen MR) is 140 cm³/mol. The van der Waals surface area contributed by atoms with E-state index in [0.717, 1.165) is 9.87 Å². The van der Waals surface area contributed by atoms with Crippen LogP contribution in [0, 0.1) is 6.92 Å². The molecule has 3 atom stereocenters. The lowest BCUT2D eigenvalue weighted by molar-refractivity contribution is 0.0728. The highest BCUT2D eigenvalue weighted by Crippen LogP contribution is 2.22. The molecule has 3 aromatic rings. The van der Waals surface area contributed by atoms with Crippen LogP contribution >= 0.6 is 0 Å². The van der Waals surface area contributed by atoms with E-state index in [1.165, 1.54) is 26.2 Å². The maximum absolute atomic E-state index is 13.5. The molecule has 10 heteroatoms. The Morgan fingerprint density at radius 1 is 1.03 bits per heavy atom. The molecule has 37 heavy (non-hydrogen) atoms. The number of nitrogens with one attached hydrogen (secondary N) is 1. The maximum atomic E-state index is 13.5. The lowest BCUT2D eigenvalue weighted by atomic mass is 10.0. The number of pyridine rings is 1. The van der Waals surface area contributed by atoms with Gasteiger partial charge in [-0.1, -0.05) is 42.5 Å². The van der Waals surface area contributed by atoms with Crippen molar-refractivity contribution in [2.45, 2.75) is 43.4 Å². The number of ether oxygens (including phenoxy) is 1. The lowest BCUT2D eigenvalue weighted by Crippen LogP contribution is -2.51. The number of rotatable bonds is 12. The Hall–Kier alpha value is -3.31. The Bertz CT molecular complexity index is 1280. The minimum atomic E-state index is -4.11. The SMILES string of the molecule is COc1cccc(S(=O)(=O)N(CC(O)C(Cc2ccccc2)NC(=O)c2cccc(C)n2)C[C@@H](C)O)c1. The van der Waals surface area contributed by atoms with E-state index in [4.69, 9.17) is 4.74 Å². The van der Waals surface area contributed by atoms with Gasteiger partial charge in [-0.3, -0.25) is 4.79 Å². The second-order valence-corrected chi connectivity index (χ2v) is 10.8. The van der Waals surface area contributed by atoms with Gasteiger partial charge in [0.25, 0.3) is 5.91 Å². The lowest BCUT2D eigenvalue weighted by Gasteiger charge is -2.30. The molecule has 0 aliphatic heterocycles. The van der Waals surface area contributed by atoms with Crippen molar-refractivity contribution in [3.05, 3.63) is 89.7 Å². The minimum Gasteiger partial charge on any atom is -0.497 e. The van der Waals surface area contributed by atoms with Crippen LogP contribution in [0.2, 0.25) is 0 Å². The predicted octanol–water partition coefficient (Wildman–Crippen LogP) is 2.17. The van der Waals surface area contributed by atoms with Crippen LogP contribution in [0.15, 0.2) is 77.7 Å². The molecule has 0 bridgehead atoms. The van der Waals surface area contributed by atoms with Crippen LogP contribution in [0.1, 0.15) is 28.7 Å². The first-order chi connectivity index (χ1) is 17.6. The zero-order chi connectivity index (χ0) is 27.0. The van der Waals surface area contributed by atoms with E-state index in [1.54, 1.807) is 37.3 Å². The van der Waals surface area contributed by atoms with Crippen LogP contribution in [-0.4, -0.2) is 72.3 Å². The summed E-state index contributed by atoms with van der Waals surface area (Å²) in [6, 6.07) is 19.4. The van der Waals surface area contributed by atoms with Gasteiger partial charge in [-0.15, -0.1) is 0 Å². The first-order valence-electron chi connectivity index (χ1n) is 11.9. The minimum absolute atomic E-state index is 0.0349. The van der Waals surface area contributed by atoms with Crippen molar-refractivity contribution in [1.29, 1.82) is 0 Å². The van der Waals surface area contributed by atoms with Crippen LogP contribution in [0.5, 0.6) is 5.75 Å². The summed E-state index contributed by atoms with van der Waals surface area (Å²) in [5.41, 5.74) is 1.71. The maximum Gasteiger partial charge on any atom is 0.270 e. The standard InChI is InChI=1S/C27H33N3O6S/c1-19-9-7-14-24(28-19)27(33)29-25(15-21-10-5-4-6-11-21)26(32)18-30(17-20(2)31)37(34,35)23-13-8-12-22(16-23)36-3/h4-14,16,20,25-26,31-32H,15,17-18H2,1-3H3,(H,29,33)/t20-,25?,26?/m1/s1. The summed E-state index contributed by atoms with van der Waals surface area (Å²) in [5, 5.41) is 24.1. The normalized spacial score (nSPS) is 14.1. The highest BCUT2D eigenvalue weighted by molar-refractivity contribution is 7.89. The number of amides is 1. The quantitative estimate of drug-likeness (QED) is 0.329. The average Bonchev–Trinajstić information content (AvgIpc) is 2.88. The van der Waals surface area contributed by atoms with Gasteiger partial charge in [-0.05, 0) is 50.1 Å². The van der Waals surface area contributed by atoms with E-state index < -0.39 is 34.2 Å². The summed E-state index contributed by atoms with van der Waals surface area (Å²) < 4.78 is 33.1. The molecule has 0 aliphatic rings. The molecule has 0 fully saturated rings. The molecule has 198 valence electrons. The molecule has 1 amide bonds. The van der Waals surface area contributed by atoms with E-state index in [9.17, 15) is 23.4 Å². The fraction of sp³-hybridized carbons (Fsp3) is 0.333. The van der Waals surface area contributed by atoms with Crippen molar-refractivity contribution in [1.82, 2.24) is 14.6 Å². The Balaban J connectivity index is 1.90. The number of hydrogen-bond donors (Lipinski definition) is 3. The van der Waals surface area contributed by atoms with Gasteiger partial charge in [-0.25, -0.2) is 13.4 Å². The number of carbonyl (C=O) groups excluding carboxylic acids is 1. The van der Waals surface area contributed by atoms with Gasteiger partial charge in [0, 0.05) is 24.8 Å². The van der Waals surface area contributed by atoms with Crippen molar-refractivity contribution in [3.8, 4) is 5.75 Å². The molecule has 1 heterocycles. The molecule has 9 nitrogen and oxygen atoms in total. The molecule has 1 aromatic heterocycles. The van der Waals surface area contributed by atoms with E-state index >= 15 is 0 Å². The fourth-order valence-corrected chi connectivity index (χ4v) is 5.45. The van der Waals surface area contributed by atoms with Crippen LogP contribution in [0.4, 0.5) is 0 Å². The van der Waals surface area contributed by atoms with Crippen molar-refractivity contribution in [2.75, 3.05) is 20.2 Å². The van der Waals surface area contributed by atoms with Gasteiger partial charge in [0.2, 0.25) is 10.0 Å². The van der Waals surface area contributed by atoms with Crippen molar-refractivity contribution >= 4 is 15.9 Å². The monoisotopic (exact) mass is 527 g/mol. The highest BCUT2D eigenvalue weighted by Gasteiger charge is 2.32. The third-order valence-corrected chi connectivity index (χ3v) is 7.57. The molecule has 0 spiro atoms. The van der Waals surface area contributed by atoms with Crippen LogP contribution in [-0.2, 0) is 16.4 Å². The highest BCUT2D eigenvalue weighted by atomic mass is 32.2. The second-order valence-electron chi connectivity index (χ2n) is 8.85. The van der Waals surface area contributed by atoms with E-state index in [0.29, 0.717) is 11.4 Å². The number of methoxy groups -OCH3 is 1. The van der Waals surface area contributed by atoms with Gasteiger partial charge in [0.1, 0.15) is 11.4 Å². The summed E-state index contributed by atoms with van der Waals surface area (Å²) in [4.78, 5) is 17.2. The van der Waals surface area contributed by atoms with Gasteiger partial charge in [0.15, 0.2) is 0 Å². The molecule has 2 unspecified atom stereocenters. The third-order valence-electron chi connectivity index (χ3n) is 5.74. The zero-order valence-corrected chi connectivity index (χ0v) is 21.9. The number of hydrogen-bond acceptors (Lipinski definition) is 7. The fourth-order valence-electron chi connectivity index (χ4n) is 3.88. The number of aromatic nitrogens is 1. The van der Waals surface area contributed by atoms with Crippen LogP contribution in [0.25, 0.3) is 0 Å². The summed E-state index contributed by atoms with van der Waals surface area (Å²) in [5.74, 6) is -0.125.